The number of carbonyl (C=O) groups excluding carboxylic acids is 1. The molecular weight excluding hydrogens is 308 g/mol. The van der Waals surface area contributed by atoms with E-state index in [0.717, 1.165) is 29.2 Å². The maximum atomic E-state index is 12.1. The molecule has 6 heteroatoms. The summed E-state index contributed by atoms with van der Waals surface area (Å²) in [5.74, 6) is 3.44. The molecule has 1 unspecified atom stereocenters. The first-order chi connectivity index (χ1) is 11.1. The number of aryl methyl sites for hydroxylation is 1. The lowest BCUT2D eigenvalue weighted by Gasteiger charge is -2.22. The van der Waals surface area contributed by atoms with Gasteiger partial charge in [-0.15, -0.1) is 0 Å². The molecule has 1 aromatic carbocycles. The van der Waals surface area contributed by atoms with Crippen LogP contribution in [0.15, 0.2) is 24.3 Å². The molecule has 2 aromatic rings. The fraction of sp³-hybridized carbons (Fsp3) is 0.529. The van der Waals surface area contributed by atoms with Crippen LogP contribution in [0.2, 0.25) is 0 Å². The van der Waals surface area contributed by atoms with Crippen LogP contribution < -0.4 is 5.32 Å². The fourth-order valence-corrected chi connectivity index (χ4v) is 4.37. The Labute approximate surface area is 141 Å². The van der Waals surface area contributed by atoms with Crippen molar-refractivity contribution in [2.75, 3.05) is 31.6 Å². The van der Waals surface area contributed by atoms with Crippen LogP contribution in [0.3, 0.4) is 0 Å². The van der Waals surface area contributed by atoms with Gasteiger partial charge in [0.1, 0.15) is 5.82 Å². The van der Waals surface area contributed by atoms with Crippen molar-refractivity contribution in [3.63, 3.8) is 0 Å². The van der Waals surface area contributed by atoms with Crippen LogP contribution in [0.25, 0.3) is 11.0 Å². The minimum Gasteiger partial charge on any atom is -0.353 e. The number of hydrogen-bond donors (Lipinski definition) is 1. The number of thioether (sulfide) groups is 1. The molecule has 1 amide bonds. The monoisotopic (exact) mass is 332 g/mol. The Bertz CT molecular complexity index is 678. The largest absolute Gasteiger partial charge is 0.353 e. The van der Waals surface area contributed by atoms with E-state index in [1.807, 2.05) is 43.9 Å². The summed E-state index contributed by atoms with van der Waals surface area (Å²) >= 11 is 1.97. The van der Waals surface area contributed by atoms with Gasteiger partial charge < -0.3 is 9.88 Å². The Kier molecular flexibility index (Phi) is 5.23. The van der Waals surface area contributed by atoms with Crippen molar-refractivity contribution < 1.29 is 4.79 Å². The lowest BCUT2D eigenvalue weighted by molar-refractivity contribution is -0.122. The first-order valence-electron chi connectivity index (χ1n) is 8.11. The molecule has 0 radical (unpaired) electrons. The topological polar surface area (TPSA) is 50.2 Å². The highest BCUT2D eigenvalue weighted by Crippen LogP contribution is 2.21. The summed E-state index contributed by atoms with van der Waals surface area (Å²) in [6.07, 6.45) is 1.19. The Morgan fingerprint density at radius 2 is 2.30 bits per heavy atom. The van der Waals surface area contributed by atoms with Crippen LogP contribution in [0.5, 0.6) is 0 Å². The summed E-state index contributed by atoms with van der Waals surface area (Å²) in [6, 6.07) is 8.66. The number of para-hydroxylation sites is 2. The molecule has 0 saturated carbocycles. The molecule has 2 heterocycles. The lowest BCUT2D eigenvalue weighted by atomic mass is 10.2. The summed E-state index contributed by atoms with van der Waals surface area (Å²) < 4.78 is 2.16. The summed E-state index contributed by atoms with van der Waals surface area (Å²) in [6.45, 7) is 3.87. The van der Waals surface area contributed by atoms with Gasteiger partial charge in [-0.05, 0) is 38.3 Å². The van der Waals surface area contributed by atoms with Gasteiger partial charge in [-0.1, -0.05) is 12.1 Å². The number of imidazole rings is 1. The van der Waals surface area contributed by atoms with Crippen LogP contribution in [0.1, 0.15) is 12.2 Å². The SMILES string of the molecule is Cc1nc2ccccc2n1CCNC(=O)CN(C)C1CCSC1. The van der Waals surface area contributed by atoms with E-state index in [1.54, 1.807) is 0 Å². The van der Waals surface area contributed by atoms with E-state index in [1.165, 1.54) is 12.2 Å². The highest BCUT2D eigenvalue weighted by molar-refractivity contribution is 7.99. The minimum atomic E-state index is 0.103. The van der Waals surface area contributed by atoms with Crippen molar-refractivity contribution in [3.05, 3.63) is 30.1 Å². The molecule has 23 heavy (non-hydrogen) atoms. The second-order valence-corrected chi connectivity index (χ2v) is 7.23. The van der Waals surface area contributed by atoms with Crippen molar-refractivity contribution in [2.45, 2.75) is 25.9 Å². The second-order valence-electron chi connectivity index (χ2n) is 6.08. The van der Waals surface area contributed by atoms with Gasteiger partial charge >= 0.3 is 0 Å². The summed E-state index contributed by atoms with van der Waals surface area (Å²) in [5.41, 5.74) is 2.13. The van der Waals surface area contributed by atoms with Crippen LogP contribution in [-0.2, 0) is 11.3 Å². The van der Waals surface area contributed by atoms with Gasteiger partial charge in [0.15, 0.2) is 0 Å². The van der Waals surface area contributed by atoms with Gasteiger partial charge in [0.05, 0.1) is 17.6 Å². The minimum absolute atomic E-state index is 0.103. The van der Waals surface area contributed by atoms with Crippen LogP contribution in [0, 0.1) is 6.92 Å². The van der Waals surface area contributed by atoms with Crippen LogP contribution in [0.4, 0.5) is 0 Å². The molecule has 1 aliphatic heterocycles. The molecule has 1 aliphatic rings. The highest BCUT2D eigenvalue weighted by atomic mass is 32.2. The Hall–Kier alpha value is -1.53. The molecule has 124 valence electrons. The summed E-state index contributed by atoms with van der Waals surface area (Å²) in [4.78, 5) is 18.8. The van der Waals surface area contributed by atoms with Gasteiger partial charge in [0, 0.05) is 24.9 Å². The zero-order valence-corrected chi connectivity index (χ0v) is 14.6. The number of aromatic nitrogens is 2. The number of nitrogens with zero attached hydrogens (tertiary/aromatic N) is 3. The quantitative estimate of drug-likeness (QED) is 0.878. The number of rotatable bonds is 6. The summed E-state index contributed by atoms with van der Waals surface area (Å²) in [5, 5.41) is 3.03. The van der Waals surface area contributed by atoms with E-state index in [9.17, 15) is 4.79 Å². The van der Waals surface area contributed by atoms with Crippen molar-refractivity contribution >= 4 is 28.7 Å². The average Bonchev–Trinajstić information content (AvgIpc) is 3.16. The Morgan fingerprint density at radius 3 is 3.09 bits per heavy atom. The fourth-order valence-electron chi connectivity index (χ4n) is 3.07. The summed E-state index contributed by atoms with van der Waals surface area (Å²) in [7, 11) is 2.05. The van der Waals surface area contributed by atoms with Gasteiger partial charge in [0.25, 0.3) is 0 Å². The molecule has 1 saturated heterocycles. The molecular formula is C17H24N4OS. The number of fused-ring (bicyclic) bond motifs is 1. The maximum absolute atomic E-state index is 12.1. The number of nitrogens with one attached hydrogen (secondary N) is 1. The van der Waals surface area contributed by atoms with E-state index >= 15 is 0 Å². The number of benzene rings is 1. The number of hydrogen-bond acceptors (Lipinski definition) is 4. The van der Waals surface area contributed by atoms with E-state index < -0.39 is 0 Å². The Morgan fingerprint density at radius 1 is 1.48 bits per heavy atom. The molecule has 0 spiro atoms. The molecule has 1 aromatic heterocycles. The van der Waals surface area contributed by atoms with Gasteiger partial charge in [0.2, 0.25) is 5.91 Å². The predicted molar refractivity (Wildman–Crippen MR) is 95.8 cm³/mol. The molecule has 0 bridgehead atoms. The van der Waals surface area contributed by atoms with E-state index in [2.05, 4.69) is 25.8 Å². The van der Waals surface area contributed by atoms with Gasteiger partial charge in [-0.2, -0.15) is 11.8 Å². The Balaban J connectivity index is 1.50. The van der Waals surface area contributed by atoms with E-state index in [-0.39, 0.29) is 5.91 Å². The molecule has 1 N–H and O–H groups in total. The van der Waals surface area contributed by atoms with E-state index in [4.69, 9.17) is 0 Å². The van der Waals surface area contributed by atoms with Crippen molar-refractivity contribution in [3.8, 4) is 0 Å². The second kappa shape index (κ2) is 7.36. The highest BCUT2D eigenvalue weighted by Gasteiger charge is 2.21. The number of carbonyl (C=O) groups is 1. The van der Waals surface area contributed by atoms with Crippen molar-refractivity contribution in [2.24, 2.45) is 0 Å². The normalized spacial score (nSPS) is 18.0. The third kappa shape index (κ3) is 3.87. The van der Waals surface area contributed by atoms with Crippen molar-refractivity contribution in [1.29, 1.82) is 0 Å². The van der Waals surface area contributed by atoms with Crippen LogP contribution in [-0.4, -0.2) is 58.0 Å². The number of likely N-dealkylation sites (N-methyl/N-ethyl adjacent to an activating group) is 1. The zero-order valence-electron chi connectivity index (χ0n) is 13.8. The zero-order chi connectivity index (χ0) is 16.2. The first kappa shape index (κ1) is 16.3. The molecule has 5 nitrogen and oxygen atoms in total. The standard InChI is InChI=1S/C17H24N4OS/c1-13-19-15-5-3-4-6-16(15)21(13)9-8-18-17(22)11-20(2)14-7-10-23-12-14/h3-6,14H,7-12H2,1-2H3,(H,18,22). The van der Waals surface area contributed by atoms with Crippen LogP contribution >= 0.6 is 11.8 Å². The molecule has 3 rings (SSSR count). The van der Waals surface area contributed by atoms with Gasteiger partial charge in [-0.3, -0.25) is 9.69 Å². The van der Waals surface area contributed by atoms with Gasteiger partial charge in [-0.25, -0.2) is 4.98 Å². The maximum Gasteiger partial charge on any atom is 0.234 e. The molecule has 0 aliphatic carbocycles. The predicted octanol–water partition coefficient (Wildman–Crippen LogP) is 1.90. The smallest absolute Gasteiger partial charge is 0.234 e. The molecule has 1 atom stereocenters. The van der Waals surface area contributed by atoms with Crippen molar-refractivity contribution in [1.82, 2.24) is 19.8 Å². The third-order valence-electron chi connectivity index (χ3n) is 4.42. The lowest BCUT2D eigenvalue weighted by Crippen LogP contribution is -2.41. The average molecular weight is 332 g/mol. The first-order valence-corrected chi connectivity index (χ1v) is 9.27. The third-order valence-corrected chi connectivity index (χ3v) is 5.57. The molecule has 1 fully saturated rings. The van der Waals surface area contributed by atoms with E-state index in [0.29, 0.717) is 19.1 Å². The number of amides is 1.